The van der Waals surface area contributed by atoms with Crippen molar-refractivity contribution in [2.24, 2.45) is 10.8 Å². The second-order valence-corrected chi connectivity index (χ2v) is 8.87. The first-order valence-electron chi connectivity index (χ1n) is 7.68. The summed E-state index contributed by atoms with van der Waals surface area (Å²) in [6.07, 6.45) is -0.824. The van der Waals surface area contributed by atoms with Crippen molar-refractivity contribution < 1.29 is 28.6 Å². The van der Waals surface area contributed by atoms with Gasteiger partial charge in [-0.3, -0.25) is 9.59 Å². The second kappa shape index (κ2) is 8.64. The molecule has 0 saturated carbocycles. The molecule has 0 rings (SSSR count). The fourth-order valence-corrected chi connectivity index (χ4v) is 3.55. The molecule has 0 saturated heterocycles. The Labute approximate surface area is 134 Å². The molecular weight excluding hydrogens is 304 g/mol. The van der Waals surface area contributed by atoms with Crippen LogP contribution in [0.25, 0.3) is 0 Å². The molecule has 1 unspecified atom stereocenters. The van der Waals surface area contributed by atoms with Crippen molar-refractivity contribution in [3.63, 3.8) is 0 Å². The van der Waals surface area contributed by atoms with Crippen LogP contribution in [0.3, 0.4) is 0 Å². The van der Waals surface area contributed by atoms with Crippen molar-refractivity contribution in [1.82, 2.24) is 0 Å². The molecule has 0 radical (unpaired) electrons. The molecule has 22 heavy (non-hydrogen) atoms. The van der Waals surface area contributed by atoms with Crippen molar-refractivity contribution >= 4 is 21.0 Å². The lowest BCUT2D eigenvalue weighted by Crippen LogP contribution is -2.59. The minimum absolute atomic E-state index is 0.107. The van der Waals surface area contributed by atoms with Gasteiger partial charge < -0.3 is 19.0 Å². The van der Waals surface area contributed by atoms with Gasteiger partial charge in [-0.2, -0.15) is 0 Å². The number of carbonyl (C=O) groups excluding carboxylic acids is 2. The highest BCUT2D eigenvalue weighted by atomic mass is 28.3. The first kappa shape index (κ1) is 21.1. The summed E-state index contributed by atoms with van der Waals surface area (Å²) in [6, 6.07) is 0. The zero-order valence-corrected chi connectivity index (χ0v) is 15.9. The molecule has 0 spiro atoms. The maximum absolute atomic E-state index is 12.5. The van der Waals surface area contributed by atoms with E-state index in [-0.39, 0.29) is 13.2 Å². The Morgan fingerprint density at radius 3 is 1.68 bits per heavy atom. The monoisotopic (exact) mass is 334 g/mol. The van der Waals surface area contributed by atoms with Crippen LogP contribution in [0.15, 0.2) is 0 Å². The summed E-state index contributed by atoms with van der Waals surface area (Å²) in [5, 5.41) is 9.95. The van der Waals surface area contributed by atoms with Crippen LogP contribution in [0, 0.1) is 10.8 Å². The van der Waals surface area contributed by atoms with Gasteiger partial charge >= 0.3 is 11.9 Å². The van der Waals surface area contributed by atoms with Crippen molar-refractivity contribution in [2.75, 3.05) is 19.8 Å². The van der Waals surface area contributed by atoms with Gasteiger partial charge in [0.15, 0.2) is 9.04 Å². The molecule has 130 valence electrons. The number of carbonyl (C=O) groups is 2. The van der Waals surface area contributed by atoms with E-state index >= 15 is 0 Å². The quantitative estimate of drug-likeness (QED) is 0.411. The van der Waals surface area contributed by atoms with E-state index < -0.39 is 44.5 Å². The van der Waals surface area contributed by atoms with E-state index in [9.17, 15) is 14.7 Å². The summed E-state index contributed by atoms with van der Waals surface area (Å²) in [4.78, 5) is 25.1. The summed E-state index contributed by atoms with van der Waals surface area (Å²) in [5.74, 6) is -1.60. The topological polar surface area (TPSA) is 82.1 Å². The van der Waals surface area contributed by atoms with E-state index in [2.05, 4.69) is 0 Å². The summed E-state index contributed by atoms with van der Waals surface area (Å²) in [5.41, 5.74) is -2.42. The lowest BCUT2D eigenvalue weighted by Gasteiger charge is -2.43. The summed E-state index contributed by atoms with van der Waals surface area (Å²) in [6.45, 7) is 12.3. The normalized spacial score (nSPS) is 13.9. The maximum Gasteiger partial charge on any atom is 0.328 e. The Kier molecular flexibility index (Phi) is 8.28. The Bertz CT molecular complexity index is 357. The SMILES string of the molecule is CCOC(=O)C(CO)(C(=O)OCC)C(O[SiH](C)C)C(C)(C)C. The number of hydrogen-bond acceptors (Lipinski definition) is 6. The van der Waals surface area contributed by atoms with Crippen molar-refractivity contribution in [2.45, 2.75) is 53.8 Å². The van der Waals surface area contributed by atoms with Crippen LogP contribution in [0.1, 0.15) is 34.6 Å². The predicted molar refractivity (Wildman–Crippen MR) is 86.0 cm³/mol. The van der Waals surface area contributed by atoms with Gasteiger partial charge in [-0.05, 0) is 32.4 Å². The average molecular weight is 334 g/mol. The molecule has 0 aromatic heterocycles. The molecule has 1 N–H and O–H groups in total. The van der Waals surface area contributed by atoms with Crippen molar-refractivity contribution in [3.05, 3.63) is 0 Å². The number of rotatable bonds is 8. The van der Waals surface area contributed by atoms with Gasteiger partial charge in [0.2, 0.25) is 5.41 Å². The number of ether oxygens (including phenoxy) is 2. The third kappa shape index (κ3) is 4.79. The van der Waals surface area contributed by atoms with Crippen LogP contribution in [0.5, 0.6) is 0 Å². The highest BCUT2D eigenvalue weighted by Crippen LogP contribution is 2.39. The highest BCUT2D eigenvalue weighted by molar-refractivity contribution is 6.48. The molecule has 0 aromatic carbocycles. The van der Waals surface area contributed by atoms with Gasteiger partial charge in [0.05, 0.1) is 25.9 Å². The van der Waals surface area contributed by atoms with Gasteiger partial charge in [0.25, 0.3) is 0 Å². The molecule has 0 aliphatic rings. The lowest BCUT2D eigenvalue weighted by molar-refractivity contribution is -0.190. The fraction of sp³-hybridized carbons (Fsp3) is 0.867. The molecule has 0 aromatic rings. The number of esters is 2. The Morgan fingerprint density at radius 2 is 1.45 bits per heavy atom. The van der Waals surface area contributed by atoms with Gasteiger partial charge in [-0.1, -0.05) is 20.8 Å². The Morgan fingerprint density at radius 1 is 1.05 bits per heavy atom. The minimum atomic E-state index is -1.86. The molecule has 1 atom stereocenters. The predicted octanol–water partition coefficient (Wildman–Crippen LogP) is 1.51. The van der Waals surface area contributed by atoms with Crippen LogP contribution >= 0.6 is 0 Å². The lowest BCUT2D eigenvalue weighted by atomic mass is 9.71. The molecular formula is C15H30O6Si. The third-order valence-corrected chi connectivity index (χ3v) is 3.99. The summed E-state index contributed by atoms with van der Waals surface area (Å²) >= 11 is 0. The van der Waals surface area contributed by atoms with Crippen LogP contribution in [-0.2, 0) is 23.5 Å². The van der Waals surface area contributed by atoms with E-state index in [4.69, 9.17) is 13.9 Å². The van der Waals surface area contributed by atoms with E-state index in [0.29, 0.717) is 0 Å². The fourth-order valence-electron chi connectivity index (χ4n) is 2.36. The maximum atomic E-state index is 12.5. The largest absolute Gasteiger partial charge is 0.465 e. The zero-order valence-electron chi connectivity index (χ0n) is 14.8. The Balaban J connectivity index is 6.05. The van der Waals surface area contributed by atoms with Crippen LogP contribution in [-0.4, -0.2) is 52.0 Å². The van der Waals surface area contributed by atoms with Crippen LogP contribution < -0.4 is 0 Å². The first-order chi connectivity index (χ1) is 10.1. The molecule has 0 fully saturated rings. The molecule has 0 heterocycles. The van der Waals surface area contributed by atoms with E-state index in [1.54, 1.807) is 13.8 Å². The van der Waals surface area contributed by atoms with Crippen molar-refractivity contribution in [3.8, 4) is 0 Å². The third-order valence-electron chi connectivity index (χ3n) is 3.17. The number of aliphatic hydroxyl groups excluding tert-OH is 1. The molecule has 0 amide bonds. The molecule has 7 heteroatoms. The summed E-state index contributed by atoms with van der Waals surface area (Å²) in [7, 11) is -1.59. The Hall–Kier alpha value is -0.923. The standard InChI is InChI=1S/C15H30O6Si/c1-8-19-12(17)15(10-16,13(18)20-9-2)11(14(3,4)5)21-22(6)7/h11,16,22H,8-10H2,1-7H3. The van der Waals surface area contributed by atoms with Gasteiger partial charge in [-0.25, -0.2) is 0 Å². The molecule has 0 aliphatic carbocycles. The van der Waals surface area contributed by atoms with E-state index in [1.165, 1.54) is 0 Å². The molecule has 0 aliphatic heterocycles. The minimum Gasteiger partial charge on any atom is -0.465 e. The van der Waals surface area contributed by atoms with Crippen LogP contribution in [0.4, 0.5) is 0 Å². The number of hydrogen-bond donors (Lipinski definition) is 1. The first-order valence-corrected chi connectivity index (χ1v) is 10.5. The van der Waals surface area contributed by atoms with Crippen molar-refractivity contribution in [1.29, 1.82) is 0 Å². The number of aliphatic hydroxyl groups is 1. The average Bonchev–Trinajstić information content (AvgIpc) is 2.38. The second-order valence-electron chi connectivity index (χ2n) is 6.50. The van der Waals surface area contributed by atoms with E-state index in [0.717, 1.165) is 0 Å². The van der Waals surface area contributed by atoms with Gasteiger partial charge in [-0.15, -0.1) is 0 Å². The van der Waals surface area contributed by atoms with E-state index in [1.807, 2.05) is 33.9 Å². The molecule has 0 bridgehead atoms. The summed E-state index contributed by atoms with van der Waals surface area (Å²) < 4.78 is 16.1. The highest BCUT2D eigenvalue weighted by Gasteiger charge is 2.59. The zero-order chi connectivity index (χ0) is 17.6. The van der Waals surface area contributed by atoms with Gasteiger partial charge in [0, 0.05) is 0 Å². The smallest absolute Gasteiger partial charge is 0.328 e. The molecule has 6 nitrogen and oxygen atoms in total. The van der Waals surface area contributed by atoms with Crippen LogP contribution in [0.2, 0.25) is 13.1 Å². The van der Waals surface area contributed by atoms with Gasteiger partial charge in [0.1, 0.15) is 0 Å².